The molecule has 2 aliphatic rings. The third-order valence-corrected chi connectivity index (χ3v) is 6.39. The van der Waals surface area contributed by atoms with E-state index in [1.807, 2.05) is 24.3 Å². The van der Waals surface area contributed by atoms with Crippen molar-refractivity contribution in [3.05, 3.63) is 89.5 Å². The second kappa shape index (κ2) is 9.60. The number of carbonyl (C=O) groups is 3. The van der Waals surface area contributed by atoms with Gasteiger partial charge in [0.2, 0.25) is 0 Å². The van der Waals surface area contributed by atoms with E-state index in [2.05, 4.69) is 34.9 Å². The monoisotopic (exact) mass is 472 g/mol. The van der Waals surface area contributed by atoms with E-state index >= 15 is 0 Å². The Hall–Kier alpha value is -4.17. The zero-order chi connectivity index (χ0) is 24.4. The molecule has 2 atom stereocenters. The van der Waals surface area contributed by atoms with E-state index in [0.717, 1.165) is 22.3 Å². The van der Waals surface area contributed by atoms with Crippen LogP contribution in [0.1, 0.15) is 33.8 Å². The van der Waals surface area contributed by atoms with Gasteiger partial charge in [0.1, 0.15) is 6.61 Å². The molecule has 0 aromatic heterocycles. The molecule has 2 amide bonds. The lowest BCUT2D eigenvalue weighted by atomic mass is 9.98. The van der Waals surface area contributed by atoms with Gasteiger partial charge in [0.05, 0.1) is 6.04 Å². The molecule has 3 N–H and O–H groups in total. The minimum atomic E-state index is -1.10. The van der Waals surface area contributed by atoms with Gasteiger partial charge in [-0.3, -0.25) is 10.1 Å². The summed E-state index contributed by atoms with van der Waals surface area (Å²) in [6, 6.07) is 22.0. The fourth-order valence-electron chi connectivity index (χ4n) is 4.69. The summed E-state index contributed by atoms with van der Waals surface area (Å²) in [4.78, 5) is 36.1. The Balaban J connectivity index is 1.18. The molecule has 0 bridgehead atoms. The Bertz CT molecular complexity index is 1230. The van der Waals surface area contributed by atoms with Crippen molar-refractivity contribution in [1.29, 1.82) is 0 Å². The van der Waals surface area contributed by atoms with Gasteiger partial charge in [-0.25, -0.2) is 9.59 Å². The van der Waals surface area contributed by atoms with Gasteiger partial charge in [-0.2, -0.15) is 0 Å². The Morgan fingerprint density at radius 1 is 0.914 bits per heavy atom. The predicted octanol–water partition coefficient (Wildman–Crippen LogP) is 4.02. The second-order valence-corrected chi connectivity index (χ2v) is 8.53. The summed E-state index contributed by atoms with van der Waals surface area (Å²) in [7, 11) is 0. The van der Waals surface area contributed by atoms with Crippen LogP contribution in [-0.2, 0) is 14.3 Å². The molecule has 178 valence electrons. The lowest BCUT2D eigenvalue weighted by Crippen LogP contribution is -2.44. The number of aliphatic carboxylic acids is 1. The molecule has 3 aromatic rings. The van der Waals surface area contributed by atoms with Crippen LogP contribution in [-0.4, -0.2) is 48.4 Å². The number of hydrogen-bond acceptors (Lipinski definition) is 5. The maximum absolute atomic E-state index is 12.5. The predicted molar refractivity (Wildman–Crippen MR) is 128 cm³/mol. The topological polar surface area (TPSA) is 114 Å². The molecular weight excluding hydrogens is 448 g/mol. The summed E-state index contributed by atoms with van der Waals surface area (Å²) >= 11 is 0. The molecule has 1 heterocycles. The van der Waals surface area contributed by atoms with Gasteiger partial charge in [0.25, 0.3) is 5.91 Å². The molecule has 35 heavy (non-hydrogen) atoms. The van der Waals surface area contributed by atoms with Crippen LogP contribution in [0.4, 0.5) is 10.5 Å². The molecule has 5 rings (SSSR count). The van der Waals surface area contributed by atoms with Gasteiger partial charge >= 0.3 is 12.1 Å². The molecule has 1 aliphatic carbocycles. The van der Waals surface area contributed by atoms with E-state index in [-0.39, 0.29) is 19.1 Å². The number of amides is 2. The number of anilines is 1. The molecular formula is C27H24N2O6. The van der Waals surface area contributed by atoms with Crippen LogP contribution in [0, 0.1) is 0 Å². The van der Waals surface area contributed by atoms with E-state index in [0.29, 0.717) is 17.7 Å². The zero-order valence-electron chi connectivity index (χ0n) is 18.8. The highest BCUT2D eigenvalue weighted by Crippen LogP contribution is 2.44. The minimum absolute atomic E-state index is 0.0339. The molecule has 1 saturated heterocycles. The number of nitrogens with one attached hydrogen (secondary N) is 2. The fraction of sp³-hybridized carbons (Fsp3) is 0.222. The van der Waals surface area contributed by atoms with Gasteiger partial charge in [-0.15, -0.1) is 0 Å². The third-order valence-electron chi connectivity index (χ3n) is 6.39. The van der Waals surface area contributed by atoms with Crippen molar-refractivity contribution in [2.24, 2.45) is 0 Å². The normalized spacial score (nSPS) is 18.4. The van der Waals surface area contributed by atoms with Gasteiger partial charge < -0.3 is 19.9 Å². The number of fused-ring (bicyclic) bond motifs is 3. The lowest BCUT2D eigenvalue weighted by molar-refractivity contribution is -0.148. The quantitative estimate of drug-likeness (QED) is 0.499. The first-order valence-corrected chi connectivity index (χ1v) is 11.4. The number of carboxylic acids is 1. The van der Waals surface area contributed by atoms with Crippen LogP contribution in [0.2, 0.25) is 0 Å². The van der Waals surface area contributed by atoms with Crippen LogP contribution >= 0.6 is 0 Å². The first-order valence-electron chi connectivity index (χ1n) is 11.4. The highest BCUT2D eigenvalue weighted by atomic mass is 16.5. The van der Waals surface area contributed by atoms with E-state index in [1.165, 1.54) is 0 Å². The summed E-state index contributed by atoms with van der Waals surface area (Å²) < 4.78 is 10.7. The highest BCUT2D eigenvalue weighted by molar-refractivity contribution is 5.95. The molecule has 3 aromatic carbocycles. The molecule has 8 heteroatoms. The molecule has 0 saturated carbocycles. The van der Waals surface area contributed by atoms with E-state index in [9.17, 15) is 14.4 Å². The highest BCUT2D eigenvalue weighted by Gasteiger charge is 2.35. The number of rotatable bonds is 6. The van der Waals surface area contributed by atoms with E-state index in [1.54, 1.807) is 24.3 Å². The second-order valence-electron chi connectivity index (χ2n) is 8.53. The van der Waals surface area contributed by atoms with Gasteiger partial charge in [0, 0.05) is 23.8 Å². The van der Waals surface area contributed by atoms with Crippen molar-refractivity contribution in [1.82, 2.24) is 5.32 Å². The fourth-order valence-corrected chi connectivity index (χ4v) is 4.69. The summed E-state index contributed by atoms with van der Waals surface area (Å²) in [6.07, 6.45) is -1.20. The van der Waals surface area contributed by atoms with Gasteiger partial charge in [0.15, 0.2) is 6.10 Å². The maximum atomic E-state index is 12.5. The number of hydrogen-bond donors (Lipinski definition) is 3. The Labute approximate surface area is 201 Å². The van der Waals surface area contributed by atoms with Gasteiger partial charge in [-0.1, -0.05) is 48.5 Å². The van der Waals surface area contributed by atoms with E-state index in [4.69, 9.17) is 14.6 Å². The minimum Gasteiger partial charge on any atom is -0.479 e. The van der Waals surface area contributed by atoms with Crippen LogP contribution in [0.25, 0.3) is 11.1 Å². The van der Waals surface area contributed by atoms with Crippen molar-refractivity contribution in [3.63, 3.8) is 0 Å². The first kappa shape index (κ1) is 22.6. The van der Waals surface area contributed by atoms with Crippen molar-refractivity contribution >= 4 is 23.7 Å². The smallest absolute Gasteiger partial charge is 0.411 e. The van der Waals surface area contributed by atoms with E-state index < -0.39 is 30.1 Å². The summed E-state index contributed by atoms with van der Waals surface area (Å²) in [5, 5.41) is 14.6. The number of ether oxygens (including phenoxy) is 2. The molecule has 1 fully saturated rings. The average molecular weight is 472 g/mol. The number of benzene rings is 3. The van der Waals surface area contributed by atoms with Crippen molar-refractivity contribution < 1.29 is 29.0 Å². The molecule has 0 unspecified atom stereocenters. The third kappa shape index (κ3) is 4.61. The summed E-state index contributed by atoms with van der Waals surface area (Å²) in [5.41, 5.74) is 5.41. The van der Waals surface area contributed by atoms with Gasteiger partial charge in [-0.05, 0) is 52.9 Å². The molecule has 1 aliphatic heterocycles. The summed E-state index contributed by atoms with van der Waals surface area (Å²) in [6.45, 7) is 0.486. The van der Waals surface area contributed by atoms with Crippen LogP contribution < -0.4 is 10.6 Å². The Morgan fingerprint density at radius 3 is 2.17 bits per heavy atom. The summed E-state index contributed by atoms with van der Waals surface area (Å²) in [5.74, 6) is -1.54. The Kier molecular flexibility index (Phi) is 6.20. The van der Waals surface area contributed by atoms with Crippen molar-refractivity contribution in [3.8, 4) is 11.1 Å². The van der Waals surface area contributed by atoms with Crippen molar-refractivity contribution in [2.45, 2.75) is 24.5 Å². The van der Waals surface area contributed by atoms with Crippen LogP contribution in [0.3, 0.4) is 0 Å². The number of carbonyl (C=O) groups excluding carboxylic acids is 2. The average Bonchev–Trinajstić information content (AvgIpc) is 3.46. The molecule has 8 nitrogen and oxygen atoms in total. The molecule has 0 spiro atoms. The standard InChI is InChI=1S/C27H24N2O6/c30-25(29-23-13-14-34-24(23)26(31)32)16-9-11-17(12-10-16)28-27(33)35-15-22-20-7-3-1-5-18(20)19-6-2-4-8-21(19)22/h1-12,22-24H,13-15H2,(H,28,33)(H,29,30)(H,31,32)/t23-,24+/m1/s1. The Morgan fingerprint density at radius 2 is 1.54 bits per heavy atom. The van der Waals surface area contributed by atoms with Crippen LogP contribution in [0.15, 0.2) is 72.8 Å². The molecule has 0 radical (unpaired) electrons. The first-order chi connectivity index (χ1) is 17.0. The van der Waals surface area contributed by atoms with Crippen LogP contribution in [0.5, 0.6) is 0 Å². The largest absolute Gasteiger partial charge is 0.479 e. The lowest BCUT2D eigenvalue weighted by Gasteiger charge is -2.16. The zero-order valence-corrected chi connectivity index (χ0v) is 18.8. The SMILES string of the molecule is O=C(Nc1ccc(C(=O)N[C@@H]2CCO[C@@H]2C(=O)O)cc1)OCC1c2ccccc2-c2ccccc21. The van der Waals surface area contributed by atoms with Crippen molar-refractivity contribution in [2.75, 3.05) is 18.5 Å². The number of carboxylic acid groups (broad SMARTS) is 1. The maximum Gasteiger partial charge on any atom is 0.411 e.